The lowest BCUT2D eigenvalue weighted by Crippen LogP contribution is -2.15. The normalized spacial score (nSPS) is 10.4. The Balaban J connectivity index is 1.96. The number of aryl methyl sites for hydroxylation is 1. The van der Waals surface area contributed by atoms with Crippen LogP contribution in [0.25, 0.3) is 0 Å². The van der Waals surface area contributed by atoms with Gasteiger partial charge in [0.1, 0.15) is 0 Å². The predicted octanol–water partition coefficient (Wildman–Crippen LogP) is 1.18. The molecule has 0 atom stereocenters. The van der Waals surface area contributed by atoms with Crippen LogP contribution in [0.1, 0.15) is 6.42 Å². The number of rotatable bonds is 6. The maximum atomic E-state index is 3.98. The molecule has 4 heteroatoms. The molecule has 3 nitrogen and oxygen atoms in total. The summed E-state index contributed by atoms with van der Waals surface area (Å²) >= 11 is 1.82. The van der Waals surface area contributed by atoms with Crippen molar-refractivity contribution >= 4 is 11.8 Å². The number of thioether (sulfide) groups is 1. The van der Waals surface area contributed by atoms with Gasteiger partial charge in [-0.2, -0.15) is 0 Å². The lowest BCUT2D eigenvalue weighted by atomic mass is 10.4. The van der Waals surface area contributed by atoms with Gasteiger partial charge in [-0.25, -0.2) is 4.98 Å². The van der Waals surface area contributed by atoms with Crippen LogP contribution in [0.15, 0.2) is 18.7 Å². The monoisotopic (exact) mass is 185 g/mol. The van der Waals surface area contributed by atoms with Crippen LogP contribution in [0, 0.1) is 0 Å². The number of nitrogens with one attached hydrogen (secondary N) is 1. The molecule has 0 aliphatic heterocycles. The van der Waals surface area contributed by atoms with Gasteiger partial charge in [0.15, 0.2) is 0 Å². The summed E-state index contributed by atoms with van der Waals surface area (Å²) in [5.74, 6) is 1.05. The van der Waals surface area contributed by atoms with E-state index in [1.54, 1.807) is 0 Å². The molecule has 68 valence electrons. The molecular formula is C8H15N3S. The van der Waals surface area contributed by atoms with Crippen molar-refractivity contribution in [1.82, 2.24) is 14.9 Å². The molecule has 1 rings (SSSR count). The summed E-state index contributed by atoms with van der Waals surface area (Å²) in [5, 5.41) is 3.33. The maximum absolute atomic E-state index is 3.98. The van der Waals surface area contributed by atoms with Crippen LogP contribution in [0.2, 0.25) is 0 Å². The summed E-state index contributed by atoms with van der Waals surface area (Å²) in [6.45, 7) is 2.14. The Bertz CT molecular complexity index is 186. The van der Waals surface area contributed by atoms with Gasteiger partial charge in [0.05, 0.1) is 6.33 Å². The van der Waals surface area contributed by atoms with E-state index in [-0.39, 0.29) is 0 Å². The third-order valence-corrected chi connectivity index (χ3v) is 2.07. The van der Waals surface area contributed by atoms with Gasteiger partial charge in [-0.05, 0) is 19.2 Å². The minimum Gasteiger partial charge on any atom is -0.337 e. The standard InChI is InChI=1S/C8H15N3S/c1-12-8-10-3-2-5-11-6-4-9-7-11/h4,6-7,10H,2-3,5,8H2,1H3. The molecule has 0 aliphatic carbocycles. The molecule has 0 bridgehead atoms. The van der Waals surface area contributed by atoms with Crippen molar-refractivity contribution in [2.45, 2.75) is 13.0 Å². The number of nitrogens with zero attached hydrogens (tertiary/aromatic N) is 2. The van der Waals surface area contributed by atoms with Crippen molar-refractivity contribution in [2.24, 2.45) is 0 Å². The second-order valence-corrected chi connectivity index (χ2v) is 3.45. The Morgan fingerprint density at radius 2 is 2.50 bits per heavy atom. The van der Waals surface area contributed by atoms with Crippen LogP contribution in [-0.4, -0.2) is 28.2 Å². The highest BCUT2D eigenvalue weighted by Crippen LogP contribution is 1.90. The first-order valence-corrected chi connectivity index (χ1v) is 5.48. The fraction of sp³-hybridized carbons (Fsp3) is 0.625. The molecule has 1 aromatic rings. The van der Waals surface area contributed by atoms with Crippen molar-refractivity contribution in [3.05, 3.63) is 18.7 Å². The number of imidazole rings is 1. The molecule has 0 saturated heterocycles. The zero-order chi connectivity index (χ0) is 8.65. The van der Waals surface area contributed by atoms with E-state index < -0.39 is 0 Å². The van der Waals surface area contributed by atoms with Gasteiger partial charge in [0.2, 0.25) is 0 Å². The lowest BCUT2D eigenvalue weighted by molar-refractivity contribution is 0.608. The molecule has 0 fully saturated rings. The van der Waals surface area contributed by atoms with Crippen LogP contribution in [0.3, 0.4) is 0 Å². The smallest absolute Gasteiger partial charge is 0.0945 e. The average Bonchev–Trinajstić information content (AvgIpc) is 2.57. The summed E-state index contributed by atoms with van der Waals surface area (Å²) in [6, 6.07) is 0. The Hall–Kier alpha value is -0.480. The minimum absolute atomic E-state index is 1.05. The minimum atomic E-state index is 1.05. The van der Waals surface area contributed by atoms with Gasteiger partial charge < -0.3 is 9.88 Å². The number of hydrogen-bond acceptors (Lipinski definition) is 3. The highest BCUT2D eigenvalue weighted by Gasteiger charge is 1.89. The third kappa shape index (κ3) is 3.78. The van der Waals surface area contributed by atoms with Crippen LogP contribution in [0.5, 0.6) is 0 Å². The fourth-order valence-corrected chi connectivity index (χ4v) is 1.33. The van der Waals surface area contributed by atoms with E-state index in [1.807, 2.05) is 30.5 Å². The van der Waals surface area contributed by atoms with E-state index in [0.29, 0.717) is 0 Å². The zero-order valence-corrected chi connectivity index (χ0v) is 8.18. The largest absolute Gasteiger partial charge is 0.337 e. The predicted molar refractivity (Wildman–Crippen MR) is 53.2 cm³/mol. The van der Waals surface area contributed by atoms with Gasteiger partial charge in [-0.1, -0.05) is 0 Å². The highest BCUT2D eigenvalue weighted by molar-refractivity contribution is 7.98. The average molecular weight is 185 g/mol. The second kappa shape index (κ2) is 6.08. The first-order valence-electron chi connectivity index (χ1n) is 4.09. The molecule has 0 spiro atoms. The molecule has 0 aromatic carbocycles. The van der Waals surface area contributed by atoms with E-state index in [2.05, 4.69) is 21.1 Å². The summed E-state index contributed by atoms with van der Waals surface area (Å²) in [6.07, 6.45) is 8.93. The fourth-order valence-electron chi connectivity index (χ4n) is 0.980. The Morgan fingerprint density at radius 1 is 1.58 bits per heavy atom. The van der Waals surface area contributed by atoms with Gasteiger partial charge >= 0.3 is 0 Å². The van der Waals surface area contributed by atoms with Crippen LogP contribution < -0.4 is 5.32 Å². The summed E-state index contributed by atoms with van der Waals surface area (Å²) in [7, 11) is 0. The molecule has 0 radical (unpaired) electrons. The van der Waals surface area contributed by atoms with Crippen LogP contribution in [0.4, 0.5) is 0 Å². The third-order valence-electron chi connectivity index (χ3n) is 1.58. The first kappa shape index (κ1) is 9.61. The quantitative estimate of drug-likeness (QED) is 0.533. The van der Waals surface area contributed by atoms with Crippen molar-refractivity contribution in [1.29, 1.82) is 0 Å². The van der Waals surface area contributed by atoms with E-state index >= 15 is 0 Å². The highest BCUT2D eigenvalue weighted by atomic mass is 32.2. The molecule has 12 heavy (non-hydrogen) atoms. The first-order chi connectivity index (χ1) is 5.93. The second-order valence-electron chi connectivity index (χ2n) is 2.59. The Morgan fingerprint density at radius 3 is 3.17 bits per heavy atom. The number of aromatic nitrogens is 2. The van der Waals surface area contributed by atoms with Gasteiger partial charge in [-0.3, -0.25) is 0 Å². The maximum Gasteiger partial charge on any atom is 0.0945 e. The molecule has 0 unspecified atom stereocenters. The van der Waals surface area contributed by atoms with Crippen molar-refractivity contribution in [3.63, 3.8) is 0 Å². The van der Waals surface area contributed by atoms with E-state index in [4.69, 9.17) is 0 Å². The molecule has 0 saturated carbocycles. The Kier molecular flexibility index (Phi) is 4.87. The van der Waals surface area contributed by atoms with Gasteiger partial charge in [0.25, 0.3) is 0 Å². The lowest BCUT2D eigenvalue weighted by Gasteiger charge is -2.02. The number of hydrogen-bond donors (Lipinski definition) is 1. The topological polar surface area (TPSA) is 29.9 Å². The van der Waals surface area contributed by atoms with E-state index in [9.17, 15) is 0 Å². The summed E-state index contributed by atoms with van der Waals surface area (Å²) in [5.41, 5.74) is 0. The SMILES string of the molecule is CSCNCCCn1ccnc1. The molecule has 1 aromatic heterocycles. The van der Waals surface area contributed by atoms with Crippen molar-refractivity contribution in [2.75, 3.05) is 18.7 Å². The van der Waals surface area contributed by atoms with Crippen LogP contribution >= 0.6 is 11.8 Å². The molecule has 0 amide bonds. The van der Waals surface area contributed by atoms with E-state index in [0.717, 1.165) is 25.4 Å². The van der Waals surface area contributed by atoms with Crippen molar-refractivity contribution in [3.8, 4) is 0 Å². The van der Waals surface area contributed by atoms with Gasteiger partial charge in [-0.15, -0.1) is 11.8 Å². The Labute approximate surface area is 77.6 Å². The van der Waals surface area contributed by atoms with Crippen LogP contribution in [-0.2, 0) is 6.54 Å². The van der Waals surface area contributed by atoms with E-state index in [1.165, 1.54) is 0 Å². The zero-order valence-electron chi connectivity index (χ0n) is 7.36. The molecule has 0 aliphatic rings. The molecular weight excluding hydrogens is 170 g/mol. The summed E-state index contributed by atoms with van der Waals surface area (Å²) < 4.78 is 2.10. The molecule has 1 heterocycles. The van der Waals surface area contributed by atoms with Gasteiger partial charge in [0, 0.05) is 24.8 Å². The summed E-state index contributed by atoms with van der Waals surface area (Å²) in [4.78, 5) is 3.98. The van der Waals surface area contributed by atoms with Crippen molar-refractivity contribution < 1.29 is 0 Å². The molecule has 1 N–H and O–H groups in total.